The summed E-state index contributed by atoms with van der Waals surface area (Å²) in [5, 5.41) is 8.70. The Balaban J connectivity index is 2.24. The number of nitrogens with zero attached hydrogens (tertiary/aromatic N) is 3. The average Bonchev–Trinajstić information content (AvgIpc) is 2.55. The maximum Gasteiger partial charge on any atom is 0.317 e. The Morgan fingerprint density at radius 3 is 3.00 bits per heavy atom. The number of aromatic nitrogens is 2. The molecule has 0 aromatic carbocycles. The Morgan fingerprint density at radius 1 is 1.59 bits per heavy atom. The zero-order chi connectivity index (χ0) is 12.4. The number of imidazole rings is 1. The monoisotopic (exact) mass is 345 g/mol. The van der Waals surface area contributed by atoms with Crippen molar-refractivity contribution in [2.45, 2.75) is 6.54 Å². The molecule has 1 N–H and O–H groups in total. The van der Waals surface area contributed by atoms with E-state index in [2.05, 4.69) is 27.6 Å². The number of pyridine rings is 1. The predicted molar refractivity (Wildman–Crippen MR) is 71.9 cm³/mol. The zero-order valence-electron chi connectivity index (χ0n) is 9.30. The molecule has 2 rings (SSSR count). The third-order valence-corrected chi connectivity index (χ3v) is 3.50. The molecule has 6 heteroatoms. The van der Waals surface area contributed by atoms with E-state index in [0.29, 0.717) is 6.54 Å². The van der Waals surface area contributed by atoms with E-state index in [4.69, 9.17) is 5.11 Å². The number of halogens is 1. The van der Waals surface area contributed by atoms with E-state index in [1.54, 1.807) is 11.9 Å². The Kier molecular flexibility index (Phi) is 3.63. The van der Waals surface area contributed by atoms with Gasteiger partial charge in [-0.2, -0.15) is 0 Å². The fourth-order valence-corrected chi connectivity index (χ4v) is 2.36. The molecule has 2 aromatic rings. The highest BCUT2D eigenvalue weighted by Gasteiger charge is 2.12. The fourth-order valence-electron chi connectivity index (χ4n) is 1.66. The van der Waals surface area contributed by atoms with Crippen molar-refractivity contribution in [1.82, 2.24) is 14.3 Å². The number of likely N-dealkylation sites (N-methyl/N-ethyl adjacent to an activating group) is 1. The van der Waals surface area contributed by atoms with Crippen molar-refractivity contribution in [3.05, 3.63) is 33.8 Å². The lowest BCUT2D eigenvalue weighted by atomic mass is 10.4. The Morgan fingerprint density at radius 2 is 2.35 bits per heavy atom. The summed E-state index contributed by atoms with van der Waals surface area (Å²) in [4.78, 5) is 16.8. The van der Waals surface area contributed by atoms with Gasteiger partial charge in [0.15, 0.2) is 0 Å². The molecule has 0 atom stereocenters. The smallest absolute Gasteiger partial charge is 0.317 e. The van der Waals surface area contributed by atoms with Crippen LogP contribution in [0.25, 0.3) is 5.65 Å². The summed E-state index contributed by atoms with van der Waals surface area (Å²) >= 11 is 2.23. The highest BCUT2D eigenvalue weighted by atomic mass is 127. The third-order valence-electron chi connectivity index (χ3n) is 2.36. The summed E-state index contributed by atoms with van der Waals surface area (Å²) in [6, 6.07) is 5.81. The first-order chi connectivity index (χ1) is 8.08. The van der Waals surface area contributed by atoms with Crippen molar-refractivity contribution in [1.29, 1.82) is 0 Å². The van der Waals surface area contributed by atoms with Crippen LogP contribution in [0.5, 0.6) is 0 Å². The second-order valence-corrected chi connectivity index (χ2v) is 4.87. The lowest BCUT2D eigenvalue weighted by molar-refractivity contribution is -0.138. The number of carboxylic acids is 1. The van der Waals surface area contributed by atoms with Crippen molar-refractivity contribution in [2.24, 2.45) is 0 Å². The van der Waals surface area contributed by atoms with Gasteiger partial charge in [-0.05, 0) is 41.8 Å². The number of carboxylic acid groups (broad SMARTS) is 1. The Hall–Kier alpha value is -1.15. The third kappa shape index (κ3) is 2.75. The van der Waals surface area contributed by atoms with Crippen LogP contribution in [-0.2, 0) is 11.3 Å². The molecule has 0 radical (unpaired) electrons. The minimum Gasteiger partial charge on any atom is -0.480 e. The van der Waals surface area contributed by atoms with E-state index >= 15 is 0 Å². The van der Waals surface area contributed by atoms with E-state index in [9.17, 15) is 4.79 Å². The number of carbonyl (C=O) groups is 1. The van der Waals surface area contributed by atoms with Gasteiger partial charge in [0.25, 0.3) is 0 Å². The number of hydrogen-bond acceptors (Lipinski definition) is 3. The number of rotatable bonds is 4. The fraction of sp³-hybridized carbons (Fsp3) is 0.273. The van der Waals surface area contributed by atoms with Crippen molar-refractivity contribution < 1.29 is 9.90 Å². The van der Waals surface area contributed by atoms with Crippen LogP contribution in [-0.4, -0.2) is 39.0 Å². The minimum atomic E-state index is -0.828. The van der Waals surface area contributed by atoms with E-state index in [-0.39, 0.29) is 6.54 Å². The van der Waals surface area contributed by atoms with Crippen molar-refractivity contribution >= 4 is 34.2 Å². The molecule has 0 saturated heterocycles. The summed E-state index contributed by atoms with van der Waals surface area (Å²) in [6.45, 7) is 0.552. The standard InChI is InChI=1S/C11H12IN3O2/c1-14(7-10(16)17)6-8-11(12)15-5-3-2-4-9(15)13-8/h2-5H,6-7H2,1H3,(H,16,17). The second-order valence-electron chi connectivity index (χ2n) is 3.84. The van der Waals surface area contributed by atoms with Gasteiger partial charge in [0.05, 0.1) is 12.2 Å². The first-order valence-corrected chi connectivity index (χ1v) is 6.17. The predicted octanol–water partition coefficient (Wildman–Crippen LogP) is 1.46. The number of hydrogen-bond donors (Lipinski definition) is 1. The first kappa shape index (κ1) is 12.3. The van der Waals surface area contributed by atoms with Crippen LogP contribution in [0.4, 0.5) is 0 Å². The van der Waals surface area contributed by atoms with Crippen LogP contribution in [0.1, 0.15) is 5.69 Å². The van der Waals surface area contributed by atoms with Gasteiger partial charge in [0.1, 0.15) is 9.35 Å². The molecule has 0 unspecified atom stereocenters. The van der Waals surface area contributed by atoms with Gasteiger partial charge in [-0.15, -0.1) is 0 Å². The molecule has 0 saturated carbocycles. The molecule has 0 bridgehead atoms. The van der Waals surface area contributed by atoms with Crippen molar-refractivity contribution in [3.63, 3.8) is 0 Å². The van der Waals surface area contributed by atoms with Gasteiger partial charge in [-0.3, -0.25) is 14.1 Å². The highest BCUT2D eigenvalue weighted by Crippen LogP contribution is 2.16. The van der Waals surface area contributed by atoms with E-state index in [1.165, 1.54) is 0 Å². The molecule has 2 heterocycles. The normalized spacial score (nSPS) is 11.2. The van der Waals surface area contributed by atoms with Gasteiger partial charge >= 0.3 is 5.97 Å². The van der Waals surface area contributed by atoms with E-state index in [1.807, 2.05) is 28.8 Å². The number of aliphatic carboxylic acids is 1. The molecular weight excluding hydrogens is 333 g/mol. The molecule has 17 heavy (non-hydrogen) atoms. The topological polar surface area (TPSA) is 57.8 Å². The van der Waals surface area contributed by atoms with Crippen LogP contribution in [0.3, 0.4) is 0 Å². The lowest BCUT2D eigenvalue weighted by Crippen LogP contribution is -2.25. The molecule has 2 aromatic heterocycles. The van der Waals surface area contributed by atoms with Gasteiger partial charge < -0.3 is 5.11 Å². The summed E-state index contributed by atoms with van der Waals surface area (Å²) < 4.78 is 3.01. The maximum absolute atomic E-state index is 10.6. The SMILES string of the molecule is CN(CC(=O)O)Cc1nc2ccccn2c1I. The van der Waals surface area contributed by atoms with Crippen molar-refractivity contribution in [3.8, 4) is 0 Å². The van der Waals surface area contributed by atoms with Crippen molar-refractivity contribution in [2.75, 3.05) is 13.6 Å². The quantitative estimate of drug-likeness (QED) is 0.853. The summed E-state index contributed by atoms with van der Waals surface area (Å²) in [7, 11) is 1.77. The lowest BCUT2D eigenvalue weighted by Gasteiger charge is -2.11. The molecule has 90 valence electrons. The summed E-state index contributed by atoms with van der Waals surface area (Å²) in [6.07, 6.45) is 1.95. The molecule has 0 aliphatic heterocycles. The van der Waals surface area contributed by atoms with Crippen LogP contribution in [0, 0.1) is 3.70 Å². The molecular formula is C11H12IN3O2. The second kappa shape index (κ2) is 5.01. The molecule has 0 amide bonds. The first-order valence-electron chi connectivity index (χ1n) is 5.09. The van der Waals surface area contributed by atoms with Crippen LogP contribution in [0.15, 0.2) is 24.4 Å². The Bertz CT molecular complexity index is 553. The largest absolute Gasteiger partial charge is 0.480 e. The summed E-state index contributed by atoms with van der Waals surface area (Å²) in [5.74, 6) is -0.828. The molecule has 0 aliphatic carbocycles. The zero-order valence-corrected chi connectivity index (χ0v) is 11.5. The number of fused-ring (bicyclic) bond motifs is 1. The molecule has 0 spiro atoms. The Labute approximate surface area is 112 Å². The molecule has 0 fully saturated rings. The van der Waals surface area contributed by atoms with Gasteiger partial charge in [-0.1, -0.05) is 6.07 Å². The van der Waals surface area contributed by atoms with E-state index < -0.39 is 5.97 Å². The maximum atomic E-state index is 10.6. The van der Waals surface area contributed by atoms with E-state index in [0.717, 1.165) is 15.0 Å². The minimum absolute atomic E-state index is 0.0178. The molecule has 0 aliphatic rings. The van der Waals surface area contributed by atoms with Gasteiger partial charge in [0, 0.05) is 12.7 Å². The van der Waals surface area contributed by atoms with Crippen LogP contribution < -0.4 is 0 Å². The summed E-state index contributed by atoms with van der Waals surface area (Å²) in [5.41, 5.74) is 1.79. The van der Waals surface area contributed by atoms with Crippen LogP contribution in [0.2, 0.25) is 0 Å². The average molecular weight is 345 g/mol. The van der Waals surface area contributed by atoms with Gasteiger partial charge in [-0.25, -0.2) is 4.98 Å². The van der Waals surface area contributed by atoms with Crippen LogP contribution >= 0.6 is 22.6 Å². The van der Waals surface area contributed by atoms with Gasteiger partial charge in [0.2, 0.25) is 0 Å². The highest BCUT2D eigenvalue weighted by molar-refractivity contribution is 14.1. The molecule has 5 nitrogen and oxygen atoms in total.